The Labute approximate surface area is 220 Å². The summed E-state index contributed by atoms with van der Waals surface area (Å²) in [6.07, 6.45) is -2.93. The summed E-state index contributed by atoms with van der Waals surface area (Å²) in [7, 11) is 0. The Hall–Kier alpha value is -3.81. The predicted molar refractivity (Wildman–Crippen MR) is 129 cm³/mol. The number of halogens is 4. The number of hydrogen-bond acceptors (Lipinski definition) is 6. The number of alkyl halides is 3. The predicted octanol–water partition coefficient (Wildman–Crippen LogP) is 2.21. The van der Waals surface area contributed by atoms with E-state index in [0.29, 0.717) is 49.5 Å². The quantitative estimate of drug-likeness (QED) is 0.552. The monoisotopic (exact) mass is 556 g/mol. The molecule has 0 bridgehead atoms. The summed E-state index contributed by atoms with van der Waals surface area (Å²) >= 11 is 0. The molecule has 0 saturated carbocycles. The maximum absolute atomic E-state index is 14.6. The Bertz CT molecular complexity index is 1290. The van der Waals surface area contributed by atoms with Crippen LogP contribution in [0.4, 0.5) is 17.6 Å². The number of aliphatic carboxylic acids is 1. The lowest BCUT2D eigenvalue weighted by atomic mass is 10.0. The Morgan fingerprint density at radius 3 is 2.46 bits per heavy atom. The van der Waals surface area contributed by atoms with E-state index in [1.54, 1.807) is 17.9 Å². The van der Waals surface area contributed by atoms with Crippen molar-refractivity contribution in [2.24, 2.45) is 0 Å². The number of aromatic amines is 1. The Kier molecular flexibility index (Phi) is 9.43. The maximum atomic E-state index is 14.6. The molecule has 1 aromatic heterocycles. The molecule has 2 saturated heterocycles. The van der Waals surface area contributed by atoms with Crippen molar-refractivity contribution in [2.75, 3.05) is 32.8 Å². The normalized spacial score (nSPS) is 17.9. The minimum Gasteiger partial charge on any atom is -0.475 e. The number of H-pyrrole nitrogens is 1. The highest BCUT2D eigenvalue weighted by molar-refractivity contribution is 5.97. The second-order valence-electron chi connectivity index (χ2n) is 9.23. The number of benzene rings is 1. The number of carbonyl (C=O) groups is 3. The van der Waals surface area contributed by atoms with Crippen LogP contribution in [0.15, 0.2) is 23.0 Å². The van der Waals surface area contributed by atoms with Crippen LogP contribution in [-0.4, -0.2) is 88.0 Å². The first-order valence-electron chi connectivity index (χ1n) is 12.1. The van der Waals surface area contributed by atoms with Gasteiger partial charge in [0.15, 0.2) is 0 Å². The van der Waals surface area contributed by atoms with E-state index >= 15 is 0 Å². The standard InChI is InChI=1S/C23H27FN4O4.C2HF3O2/c1-14-15(2)22(30)26-25-20(14)11-16-5-6-19(24)18(10-16)23(31)27-7-8-28(21(29)12-27)17-4-3-9-32-13-17;3-2(4,5)1(6)7/h5-6,10,17H,3-4,7-9,11-13H2,1-2H3,(H,26,30);(H,6,7). The van der Waals surface area contributed by atoms with Crippen molar-refractivity contribution in [3.05, 3.63) is 62.3 Å². The summed E-state index contributed by atoms with van der Waals surface area (Å²) in [6, 6.07) is 4.41. The number of ether oxygens (including phenoxy) is 1. The average molecular weight is 557 g/mol. The molecule has 2 fully saturated rings. The second-order valence-corrected chi connectivity index (χ2v) is 9.23. The Morgan fingerprint density at radius 2 is 1.87 bits per heavy atom. The largest absolute Gasteiger partial charge is 0.490 e. The molecule has 2 aromatic rings. The molecular weight excluding hydrogens is 528 g/mol. The fourth-order valence-electron chi connectivity index (χ4n) is 4.27. The van der Waals surface area contributed by atoms with Crippen molar-refractivity contribution in [1.29, 1.82) is 0 Å². The topological polar surface area (TPSA) is 133 Å². The lowest BCUT2D eigenvalue weighted by molar-refractivity contribution is -0.192. The van der Waals surface area contributed by atoms with Gasteiger partial charge in [-0.1, -0.05) is 6.07 Å². The van der Waals surface area contributed by atoms with Crippen molar-refractivity contribution >= 4 is 17.8 Å². The molecule has 14 heteroatoms. The number of nitrogens with zero attached hydrogens (tertiary/aromatic N) is 3. The van der Waals surface area contributed by atoms with Crippen LogP contribution in [0, 0.1) is 19.7 Å². The van der Waals surface area contributed by atoms with Gasteiger partial charge in [-0.2, -0.15) is 18.3 Å². The van der Waals surface area contributed by atoms with Gasteiger partial charge in [-0.15, -0.1) is 0 Å². The van der Waals surface area contributed by atoms with Gasteiger partial charge in [0.1, 0.15) is 12.4 Å². The molecule has 1 unspecified atom stereocenters. The fourth-order valence-corrected chi connectivity index (χ4v) is 4.27. The van der Waals surface area contributed by atoms with Crippen LogP contribution in [-0.2, 0) is 20.7 Å². The molecule has 0 aliphatic carbocycles. The third kappa shape index (κ3) is 7.40. The number of carboxylic acid groups (broad SMARTS) is 1. The molecule has 2 N–H and O–H groups in total. The zero-order chi connectivity index (χ0) is 28.9. The number of rotatable bonds is 4. The lowest BCUT2D eigenvalue weighted by Gasteiger charge is -2.40. The summed E-state index contributed by atoms with van der Waals surface area (Å²) in [6.45, 7) is 5.46. The number of aromatic nitrogens is 2. The summed E-state index contributed by atoms with van der Waals surface area (Å²) in [4.78, 5) is 49.5. The molecule has 2 aliphatic rings. The highest BCUT2D eigenvalue weighted by Crippen LogP contribution is 2.21. The van der Waals surface area contributed by atoms with Gasteiger partial charge < -0.3 is 19.6 Å². The van der Waals surface area contributed by atoms with E-state index in [9.17, 15) is 31.9 Å². The highest BCUT2D eigenvalue weighted by atomic mass is 19.4. The lowest BCUT2D eigenvalue weighted by Crippen LogP contribution is -2.57. The van der Waals surface area contributed by atoms with Crippen molar-refractivity contribution in [1.82, 2.24) is 20.0 Å². The van der Waals surface area contributed by atoms with Gasteiger partial charge >= 0.3 is 12.1 Å². The van der Waals surface area contributed by atoms with Gasteiger partial charge in [-0.05, 0) is 49.9 Å². The van der Waals surface area contributed by atoms with E-state index in [2.05, 4.69) is 10.2 Å². The van der Waals surface area contributed by atoms with E-state index in [0.717, 1.165) is 18.4 Å². The van der Waals surface area contributed by atoms with Crippen LogP contribution in [0.5, 0.6) is 0 Å². The SMILES string of the molecule is Cc1c(Cc2ccc(F)c(C(=O)N3CCN(C4CCCOC4)C(=O)C3)c2)n[nH]c(=O)c1C.O=C(O)C(F)(F)F. The molecule has 2 amide bonds. The number of piperazine rings is 1. The van der Waals surface area contributed by atoms with E-state index < -0.39 is 23.9 Å². The van der Waals surface area contributed by atoms with Crippen LogP contribution >= 0.6 is 0 Å². The maximum Gasteiger partial charge on any atom is 0.490 e. The first-order valence-corrected chi connectivity index (χ1v) is 12.1. The van der Waals surface area contributed by atoms with E-state index in [4.69, 9.17) is 14.6 Å². The van der Waals surface area contributed by atoms with Crippen molar-refractivity contribution in [3.8, 4) is 0 Å². The first-order chi connectivity index (χ1) is 18.3. The van der Waals surface area contributed by atoms with E-state index in [-0.39, 0.29) is 29.6 Å². The summed E-state index contributed by atoms with van der Waals surface area (Å²) < 4.78 is 51.8. The average Bonchev–Trinajstić information content (AvgIpc) is 2.90. The Balaban J connectivity index is 0.000000532. The molecule has 4 rings (SSSR count). The van der Waals surface area contributed by atoms with Crippen molar-refractivity contribution < 1.29 is 41.8 Å². The molecular formula is C25H28F4N4O6. The van der Waals surface area contributed by atoms with Crippen LogP contribution in [0.3, 0.4) is 0 Å². The molecule has 0 radical (unpaired) electrons. The van der Waals surface area contributed by atoms with Crippen molar-refractivity contribution in [2.45, 2.75) is 45.3 Å². The van der Waals surface area contributed by atoms with Gasteiger partial charge in [0.2, 0.25) is 5.91 Å². The van der Waals surface area contributed by atoms with Crippen LogP contribution in [0.1, 0.15) is 45.6 Å². The minimum atomic E-state index is -5.08. The van der Waals surface area contributed by atoms with Gasteiger partial charge in [0.05, 0.1) is 23.9 Å². The first kappa shape index (κ1) is 29.7. The second kappa shape index (κ2) is 12.4. The summed E-state index contributed by atoms with van der Waals surface area (Å²) in [5.74, 6) is -4.02. The molecule has 10 nitrogen and oxygen atoms in total. The van der Waals surface area contributed by atoms with E-state index in [1.165, 1.54) is 17.0 Å². The summed E-state index contributed by atoms with van der Waals surface area (Å²) in [5, 5.41) is 13.7. The highest BCUT2D eigenvalue weighted by Gasteiger charge is 2.38. The third-order valence-electron chi connectivity index (χ3n) is 6.63. The van der Waals surface area contributed by atoms with Gasteiger partial charge in [-0.3, -0.25) is 14.4 Å². The number of hydrogen-bond donors (Lipinski definition) is 2. The molecule has 3 heterocycles. The zero-order valence-electron chi connectivity index (χ0n) is 21.3. The van der Waals surface area contributed by atoms with E-state index in [1.807, 2.05) is 6.92 Å². The molecule has 212 valence electrons. The number of carbonyl (C=O) groups excluding carboxylic acids is 2. The minimum absolute atomic E-state index is 0.0464. The number of carboxylic acids is 1. The number of nitrogens with one attached hydrogen (secondary N) is 1. The van der Waals surface area contributed by atoms with Gasteiger partial charge in [-0.25, -0.2) is 14.3 Å². The van der Waals surface area contributed by atoms with Crippen LogP contribution < -0.4 is 5.56 Å². The Morgan fingerprint density at radius 1 is 1.18 bits per heavy atom. The molecule has 0 spiro atoms. The van der Waals surface area contributed by atoms with Gasteiger partial charge in [0.25, 0.3) is 11.5 Å². The molecule has 1 aromatic carbocycles. The molecule has 39 heavy (non-hydrogen) atoms. The zero-order valence-corrected chi connectivity index (χ0v) is 21.3. The van der Waals surface area contributed by atoms with Crippen LogP contribution in [0.25, 0.3) is 0 Å². The smallest absolute Gasteiger partial charge is 0.475 e. The van der Waals surface area contributed by atoms with Gasteiger partial charge in [0, 0.05) is 31.7 Å². The van der Waals surface area contributed by atoms with Crippen molar-refractivity contribution in [3.63, 3.8) is 0 Å². The number of amides is 2. The third-order valence-corrected chi connectivity index (χ3v) is 6.63. The summed E-state index contributed by atoms with van der Waals surface area (Å²) in [5.41, 5.74) is 2.38. The fraction of sp³-hybridized carbons (Fsp3) is 0.480. The van der Waals surface area contributed by atoms with Crippen LogP contribution in [0.2, 0.25) is 0 Å². The molecule has 2 aliphatic heterocycles. The molecule has 1 atom stereocenters.